The first-order valence-electron chi connectivity index (χ1n) is 11.3. The van der Waals surface area contributed by atoms with Crippen molar-refractivity contribution in [3.63, 3.8) is 0 Å². The van der Waals surface area contributed by atoms with Crippen LogP contribution in [0.1, 0.15) is 34.4 Å². The Morgan fingerprint density at radius 3 is 2.85 bits per heavy atom. The predicted octanol–water partition coefficient (Wildman–Crippen LogP) is 7.44. The molecule has 0 radical (unpaired) electrons. The highest BCUT2D eigenvalue weighted by Gasteiger charge is 2.25. The minimum Gasteiger partial charge on any atom is -0.268 e. The first-order chi connectivity index (χ1) is 16.5. The Morgan fingerprint density at radius 1 is 1.18 bits per heavy atom. The topological polar surface area (TPSA) is 47.8 Å². The molecule has 1 atom stereocenters. The molecule has 0 fully saturated rings. The van der Waals surface area contributed by atoms with Crippen LogP contribution in [0.25, 0.3) is 26.1 Å². The van der Waals surface area contributed by atoms with E-state index in [1.165, 1.54) is 15.1 Å². The van der Waals surface area contributed by atoms with Crippen molar-refractivity contribution in [2.45, 2.75) is 44.0 Å². The molecule has 34 heavy (non-hydrogen) atoms. The number of thiazole rings is 1. The molecule has 3 aromatic heterocycles. The number of hydrogen-bond donors (Lipinski definition) is 0. The molecule has 6 rings (SSSR count). The van der Waals surface area contributed by atoms with E-state index in [1.807, 2.05) is 43.3 Å². The summed E-state index contributed by atoms with van der Waals surface area (Å²) in [6, 6.07) is 13.9. The lowest BCUT2D eigenvalue weighted by molar-refractivity contribution is 0.509. The molecule has 1 aliphatic rings. The molecule has 5 aromatic rings. The van der Waals surface area contributed by atoms with Gasteiger partial charge in [0, 0.05) is 9.90 Å². The summed E-state index contributed by atoms with van der Waals surface area (Å²) >= 11 is 11.4. The highest BCUT2D eigenvalue weighted by Crippen LogP contribution is 2.38. The number of hydrogen-bond acceptors (Lipinski definition) is 6. The number of benzene rings is 2. The van der Waals surface area contributed by atoms with Crippen LogP contribution >= 0.6 is 46.0 Å². The number of thioether (sulfide) groups is 1. The Bertz CT molecular complexity index is 1580. The number of aryl methyl sites for hydroxylation is 2. The SMILES string of the molecule is Cc1ccc(-n2c(SCc3nc4ccccc4s3)nc3sc4c(c3c2=O)CCC(C)C4)cc1Cl. The monoisotopic (exact) mass is 523 g/mol. The third kappa shape index (κ3) is 3.88. The van der Waals surface area contributed by atoms with Crippen LogP contribution in [0.15, 0.2) is 52.4 Å². The summed E-state index contributed by atoms with van der Waals surface area (Å²) in [5.74, 6) is 1.30. The predicted molar refractivity (Wildman–Crippen MR) is 145 cm³/mol. The van der Waals surface area contributed by atoms with Gasteiger partial charge in [0.2, 0.25) is 0 Å². The van der Waals surface area contributed by atoms with Gasteiger partial charge < -0.3 is 0 Å². The summed E-state index contributed by atoms with van der Waals surface area (Å²) in [4.78, 5) is 26.0. The minimum absolute atomic E-state index is 0.00349. The van der Waals surface area contributed by atoms with Crippen molar-refractivity contribution in [3.05, 3.63) is 78.9 Å². The van der Waals surface area contributed by atoms with Crippen LogP contribution in [0.4, 0.5) is 0 Å². The number of nitrogens with zero attached hydrogens (tertiary/aromatic N) is 3. The first-order valence-corrected chi connectivity index (χ1v) is 14.3. The molecule has 1 unspecified atom stereocenters. The van der Waals surface area contributed by atoms with E-state index < -0.39 is 0 Å². The van der Waals surface area contributed by atoms with E-state index in [0.717, 1.165) is 51.3 Å². The molecular weight excluding hydrogens is 502 g/mol. The molecule has 8 heteroatoms. The van der Waals surface area contributed by atoms with E-state index in [4.69, 9.17) is 21.6 Å². The Kier molecular flexibility index (Phi) is 5.76. The van der Waals surface area contributed by atoms with Crippen molar-refractivity contribution in [2.75, 3.05) is 0 Å². The van der Waals surface area contributed by atoms with Crippen molar-refractivity contribution in [2.24, 2.45) is 5.92 Å². The maximum atomic E-state index is 14.0. The molecule has 4 nitrogen and oxygen atoms in total. The van der Waals surface area contributed by atoms with Crippen LogP contribution in [0.5, 0.6) is 0 Å². The number of aromatic nitrogens is 3. The van der Waals surface area contributed by atoms with E-state index >= 15 is 0 Å². The Balaban J connectivity index is 1.49. The smallest absolute Gasteiger partial charge is 0.267 e. The summed E-state index contributed by atoms with van der Waals surface area (Å²) in [6.07, 6.45) is 3.09. The summed E-state index contributed by atoms with van der Waals surface area (Å²) in [5, 5.41) is 3.14. The lowest BCUT2D eigenvalue weighted by Crippen LogP contribution is -2.22. The summed E-state index contributed by atoms with van der Waals surface area (Å²) < 4.78 is 2.92. The fourth-order valence-corrected chi connectivity index (χ4v) is 8.10. The van der Waals surface area contributed by atoms with Gasteiger partial charge >= 0.3 is 0 Å². The second-order valence-electron chi connectivity index (χ2n) is 8.86. The van der Waals surface area contributed by atoms with Gasteiger partial charge in [-0.05, 0) is 67.5 Å². The third-order valence-electron chi connectivity index (χ3n) is 6.38. The molecule has 3 heterocycles. The lowest BCUT2D eigenvalue weighted by atomic mass is 9.89. The molecule has 0 amide bonds. The van der Waals surface area contributed by atoms with Gasteiger partial charge in [-0.1, -0.05) is 48.5 Å². The fraction of sp³-hybridized carbons (Fsp3) is 0.269. The van der Waals surface area contributed by atoms with E-state index in [2.05, 4.69) is 13.0 Å². The molecule has 0 N–H and O–H groups in total. The maximum Gasteiger partial charge on any atom is 0.267 e. The van der Waals surface area contributed by atoms with Gasteiger partial charge in [0.15, 0.2) is 5.16 Å². The highest BCUT2D eigenvalue weighted by atomic mass is 35.5. The van der Waals surface area contributed by atoms with Crippen LogP contribution in [0.3, 0.4) is 0 Å². The van der Waals surface area contributed by atoms with Gasteiger partial charge in [0.05, 0.1) is 27.0 Å². The zero-order valence-electron chi connectivity index (χ0n) is 18.8. The van der Waals surface area contributed by atoms with Crippen molar-refractivity contribution < 1.29 is 0 Å². The van der Waals surface area contributed by atoms with E-state index in [0.29, 0.717) is 21.8 Å². The van der Waals surface area contributed by atoms with Crippen molar-refractivity contribution in [1.82, 2.24) is 14.5 Å². The second kappa shape index (κ2) is 8.79. The number of para-hydroxylation sites is 1. The average Bonchev–Trinajstić information content (AvgIpc) is 3.40. The minimum atomic E-state index is 0.00349. The number of thiophene rings is 1. The molecule has 1 aliphatic carbocycles. The maximum absolute atomic E-state index is 14.0. The van der Waals surface area contributed by atoms with Gasteiger partial charge in [-0.3, -0.25) is 9.36 Å². The van der Waals surface area contributed by atoms with Crippen molar-refractivity contribution in [1.29, 1.82) is 0 Å². The zero-order chi connectivity index (χ0) is 23.4. The van der Waals surface area contributed by atoms with Crippen molar-refractivity contribution in [3.8, 4) is 5.69 Å². The van der Waals surface area contributed by atoms with Crippen LogP contribution in [0, 0.1) is 12.8 Å². The van der Waals surface area contributed by atoms with Gasteiger partial charge in [0.1, 0.15) is 9.84 Å². The van der Waals surface area contributed by atoms with Gasteiger partial charge in [-0.2, -0.15) is 0 Å². The molecule has 0 saturated heterocycles. The van der Waals surface area contributed by atoms with Crippen LogP contribution < -0.4 is 5.56 Å². The largest absolute Gasteiger partial charge is 0.268 e. The quantitative estimate of drug-likeness (QED) is 0.181. The average molecular weight is 524 g/mol. The molecule has 0 aliphatic heterocycles. The molecule has 172 valence electrons. The van der Waals surface area contributed by atoms with Crippen LogP contribution in [-0.2, 0) is 18.6 Å². The Labute approximate surface area is 214 Å². The highest BCUT2D eigenvalue weighted by molar-refractivity contribution is 7.98. The lowest BCUT2D eigenvalue weighted by Gasteiger charge is -2.18. The fourth-order valence-electron chi connectivity index (χ4n) is 4.52. The van der Waals surface area contributed by atoms with E-state index in [-0.39, 0.29) is 5.56 Å². The summed E-state index contributed by atoms with van der Waals surface area (Å²) in [7, 11) is 0. The van der Waals surface area contributed by atoms with Crippen molar-refractivity contribution >= 4 is 66.5 Å². The molecule has 2 aromatic carbocycles. The Morgan fingerprint density at radius 2 is 2.03 bits per heavy atom. The molecule has 0 spiro atoms. The normalized spacial score (nSPS) is 15.8. The zero-order valence-corrected chi connectivity index (χ0v) is 22.0. The second-order valence-corrected chi connectivity index (χ2v) is 12.4. The first kappa shape index (κ1) is 22.3. The van der Waals surface area contributed by atoms with E-state index in [9.17, 15) is 4.79 Å². The van der Waals surface area contributed by atoms with Crippen LogP contribution in [-0.4, -0.2) is 14.5 Å². The van der Waals surface area contributed by atoms with Gasteiger partial charge in [0.25, 0.3) is 5.56 Å². The number of fused-ring (bicyclic) bond motifs is 4. The van der Waals surface area contributed by atoms with Gasteiger partial charge in [-0.15, -0.1) is 22.7 Å². The van der Waals surface area contributed by atoms with Gasteiger partial charge in [-0.25, -0.2) is 9.97 Å². The number of rotatable bonds is 4. The van der Waals surface area contributed by atoms with Crippen LogP contribution in [0.2, 0.25) is 5.02 Å². The van der Waals surface area contributed by atoms with E-state index in [1.54, 1.807) is 39.0 Å². The Hall–Kier alpha value is -2.19. The summed E-state index contributed by atoms with van der Waals surface area (Å²) in [6.45, 7) is 4.25. The molecular formula is C26H22ClN3OS3. The third-order valence-corrected chi connectivity index (χ3v) is 10.1. The number of halogens is 1. The summed E-state index contributed by atoms with van der Waals surface area (Å²) in [5.41, 5.74) is 3.95. The molecule has 0 bridgehead atoms. The standard InChI is InChI=1S/C26H22ClN3OS3/c1-14-7-10-17-21(11-14)34-24-23(17)25(31)30(16-9-8-15(2)18(27)12-16)26(29-24)32-13-22-28-19-5-3-4-6-20(19)33-22/h3-6,8-9,12,14H,7,10-11,13H2,1-2H3. The molecule has 0 saturated carbocycles.